The lowest BCUT2D eigenvalue weighted by atomic mass is 10.1. The highest BCUT2D eigenvalue weighted by atomic mass is 35.5. The van der Waals surface area contributed by atoms with E-state index in [1.54, 1.807) is 18.2 Å². The summed E-state index contributed by atoms with van der Waals surface area (Å²) in [6, 6.07) is 18.0. The summed E-state index contributed by atoms with van der Waals surface area (Å²) in [4.78, 5) is 8.56. The number of benzene rings is 2. The van der Waals surface area contributed by atoms with Gasteiger partial charge in [-0.15, -0.1) is 0 Å². The molecule has 0 atom stereocenters. The van der Waals surface area contributed by atoms with E-state index in [1.165, 1.54) is 17.7 Å². The fourth-order valence-electron chi connectivity index (χ4n) is 2.24. The van der Waals surface area contributed by atoms with Crippen molar-refractivity contribution in [2.45, 2.75) is 6.42 Å². The number of hydrogen-bond acceptors (Lipinski definition) is 3. The van der Waals surface area contributed by atoms with Crippen LogP contribution in [0.25, 0.3) is 11.4 Å². The van der Waals surface area contributed by atoms with Gasteiger partial charge in [0, 0.05) is 18.2 Å². The van der Waals surface area contributed by atoms with Crippen molar-refractivity contribution in [3.8, 4) is 11.4 Å². The number of hydrogen-bond donors (Lipinski definition) is 1. The van der Waals surface area contributed by atoms with Crippen LogP contribution < -0.4 is 5.32 Å². The topological polar surface area (TPSA) is 37.8 Å². The lowest BCUT2D eigenvalue weighted by Gasteiger charge is -2.08. The van der Waals surface area contributed by atoms with E-state index in [9.17, 15) is 4.39 Å². The Labute approximate surface area is 139 Å². The van der Waals surface area contributed by atoms with Crippen LogP contribution in [0.15, 0.2) is 60.7 Å². The number of anilines is 1. The van der Waals surface area contributed by atoms with Crippen LogP contribution in [0.2, 0.25) is 5.15 Å². The molecule has 0 bridgehead atoms. The molecule has 0 radical (unpaired) electrons. The normalized spacial score (nSPS) is 10.5. The summed E-state index contributed by atoms with van der Waals surface area (Å²) in [7, 11) is 0. The summed E-state index contributed by atoms with van der Waals surface area (Å²) in [6.07, 6.45) is 0.873. The summed E-state index contributed by atoms with van der Waals surface area (Å²) in [6.45, 7) is 0.722. The van der Waals surface area contributed by atoms with Crippen LogP contribution in [0, 0.1) is 5.82 Å². The van der Waals surface area contributed by atoms with Gasteiger partial charge in [0.25, 0.3) is 0 Å². The van der Waals surface area contributed by atoms with Gasteiger partial charge in [0.2, 0.25) is 0 Å². The van der Waals surface area contributed by atoms with Crippen molar-refractivity contribution in [3.63, 3.8) is 0 Å². The Kier molecular flexibility index (Phi) is 4.83. The number of nitrogens with one attached hydrogen (secondary N) is 1. The molecule has 1 aromatic heterocycles. The van der Waals surface area contributed by atoms with Gasteiger partial charge in [0.15, 0.2) is 5.82 Å². The van der Waals surface area contributed by atoms with E-state index in [2.05, 4.69) is 27.4 Å². The van der Waals surface area contributed by atoms with Gasteiger partial charge < -0.3 is 5.32 Å². The van der Waals surface area contributed by atoms with Gasteiger partial charge in [-0.1, -0.05) is 54.1 Å². The van der Waals surface area contributed by atoms with E-state index < -0.39 is 0 Å². The first kappa shape index (κ1) is 15.4. The zero-order valence-corrected chi connectivity index (χ0v) is 13.1. The molecule has 0 fully saturated rings. The summed E-state index contributed by atoms with van der Waals surface area (Å²) >= 11 is 6.05. The van der Waals surface area contributed by atoms with Crippen LogP contribution in [0.4, 0.5) is 10.2 Å². The number of aromatic nitrogens is 2. The zero-order valence-electron chi connectivity index (χ0n) is 12.3. The zero-order chi connectivity index (χ0) is 16.1. The Bertz CT molecular complexity index is 793. The Hall–Kier alpha value is -2.46. The molecule has 0 spiro atoms. The molecule has 3 nitrogen and oxygen atoms in total. The number of halogens is 2. The molecule has 0 unspecified atom stereocenters. The molecular weight excluding hydrogens is 313 g/mol. The standard InChI is InChI=1S/C18H15ClFN3/c19-16-12-17(21-10-9-13-5-2-1-3-6-13)23-18(22-16)14-7-4-8-15(20)11-14/h1-8,11-12H,9-10H2,(H,21,22,23). The highest BCUT2D eigenvalue weighted by molar-refractivity contribution is 6.29. The lowest BCUT2D eigenvalue weighted by Crippen LogP contribution is -2.07. The molecule has 3 rings (SSSR count). The van der Waals surface area contributed by atoms with E-state index in [0.29, 0.717) is 22.4 Å². The van der Waals surface area contributed by atoms with Gasteiger partial charge in [0.05, 0.1) is 0 Å². The highest BCUT2D eigenvalue weighted by Gasteiger charge is 2.07. The molecule has 0 saturated heterocycles. The van der Waals surface area contributed by atoms with Gasteiger partial charge in [0.1, 0.15) is 16.8 Å². The minimum absolute atomic E-state index is 0.321. The molecule has 0 amide bonds. The quantitative estimate of drug-likeness (QED) is 0.696. The molecule has 0 aliphatic rings. The monoisotopic (exact) mass is 327 g/mol. The molecule has 3 aromatic rings. The second kappa shape index (κ2) is 7.20. The van der Waals surface area contributed by atoms with Crippen LogP contribution in [-0.2, 0) is 6.42 Å². The fraction of sp³-hybridized carbons (Fsp3) is 0.111. The first-order chi connectivity index (χ1) is 11.2. The second-order valence-corrected chi connectivity index (χ2v) is 5.46. The Morgan fingerprint density at radius 2 is 1.78 bits per heavy atom. The summed E-state index contributed by atoms with van der Waals surface area (Å²) in [5, 5.41) is 3.55. The van der Waals surface area contributed by atoms with E-state index in [-0.39, 0.29) is 5.82 Å². The molecule has 0 saturated carbocycles. The Morgan fingerprint density at radius 1 is 0.957 bits per heavy atom. The predicted molar refractivity (Wildman–Crippen MR) is 91.1 cm³/mol. The van der Waals surface area contributed by atoms with Crippen molar-refractivity contribution in [1.82, 2.24) is 9.97 Å². The molecule has 23 heavy (non-hydrogen) atoms. The van der Waals surface area contributed by atoms with Crippen LogP contribution in [-0.4, -0.2) is 16.5 Å². The van der Waals surface area contributed by atoms with Crippen LogP contribution in [0.5, 0.6) is 0 Å². The van der Waals surface area contributed by atoms with Crippen molar-refractivity contribution in [2.75, 3.05) is 11.9 Å². The minimum Gasteiger partial charge on any atom is -0.370 e. The number of nitrogens with zero attached hydrogens (tertiary/aromatic N) is 2. The van der Waals surface area contributed by atoms with Crippen LogP contribution in [0.3, 0.4) is 0 Å². The van der Waals surface area contributed by atoms with Crippen molar-refractivity contribution < 1.29 is 4.39 Å². The lowest BCUT2D eigenvalue weighted by molar-refractivity contribution is 0.628. The molecular formula is C18H15ClFN3. The largest absolute Gasteiger partial charge is 0.370 e. The summed E-state index contributed by atoms with van der Waals surface area (Å²) in [5.41, 5.74) is 1.84. The van der Waals surface area contributed by atoms with E-state index >= 15 is 0 Å². The van der Waals surface area contributed by atoms with Crippen LogP contribution >= 0.6 is 11.6 Å². The van der Waals surface area contributed by atoms with Crippen molar-refractivity contribution in [3.05, 3.63) is 77.2 Å². The highest BCUT2D eigenvalue weighted by Crippen LogP contribution is 2.21. The second-order valence-electron chi connectivity index (χ2n) is 5.07. The van der Waals surface area contributed by atoms with E-state index in [4.69, 9.17) is 11.6 Å². The smallest absolute Gasteiger partial charge is 0.163 e. The van der Waals surface area contributed by atoms with E-state index in [0.717, 1.165) is 13.0 Å². The third-order valence-electron chi connectivity index (χ3n) is 3.34. The van der Waals surface area contributed by atoms with Crippen LogP contribution in [0.1, 0.15) is 5.56 Å². The van der Waals surface area contributed by atoms with Crippen molar-refractivity contribution >= 4 is 17.4 Å². The summed E-state index contributed by atoms with van der Waals surface area (Å²) in [5.74, 6) is 0.698. The van der Waals surface area contributed by atoms with Gasteiger partial charge in [-0.25, -0.2) is 14.4 Å². The maximum Gasteiger partial charge on any atom is 0.163 e. The van der Waals surface area contributed by atoms with E-state index in [1.807, 2.05) is 18.2 Å². The third kappa shape index (κ3) is 4.27. The third-order valence-corrected chi connectivity index (χ3v) is 3.53. The predicted octanol–water partition coefficient (Wildman–Crippen LogP) is 4.59. The SMILES string of the molecule is Fc1cccc(-c2nc(Cl)cc(NCCc3ccccc3)n2)c1. The average Bonchev–Trinajstić information content (AvgIpc) is 2.55. The average molecular weight is 328 g/mol. The molecule has 5 heteroatoms. The van der Waals surface area contributed by atoms with Gasteiger partial charge >= 0.3 is 0 Å². The first-order valence-corrected chi connectivity index (χ1v) is 7.67. The molecule has 0 aliphatic heterocycles. The minimum atomic E-state index is -0.329. The molecule has 116 valence electrons. The Balaban J connectivity index is 1.73. The van der Waals surface area contributed by atoms with Gasteiger partial charge in [-0.05, 0) is 24.1 Å². The maximum absolute atomic E-state index is 13.3. The first-order valence-electron chi connectivity index (χ1n) is 7.29. The van der Waals surface area contributed by atoms with Crippen molar-refractivity contribution in [1.29, 1.82) is 0 Å². The molecule has 0 aliphatic carbocycles. The van der Waals surface area contributed by atoms with Crippen molar-refractivity contribution in [2.24, 2.45) is 0 Å². The Morgan fingerprint density at radius 3 is 2.57 bits per heavy atom. The maximum atomic E-state index is 13.3. The summed E-state index contributed by atoms with van der Waals surface area (Å²) < 4.78 is 13.3. The fourth-order valence-corrected chi connectivity index (χ4v) is 2.43. The molecule has 1 heterocycles. The van der Waals surface area contributed by atoms with Gasteiger partial charge in [-0.3, -0.25) is 0 Å². The van der Waals surface area contributed by atoms with Gasteiger partial charge in [-0.2, -0.15) is 0 Å². The molecule has 2 aromatic carbocycles. The number of rotatable bonds is 5. The molecule has 1 N–H and O–H groups in total.